The van der Waals surface area contributed by atoms with Crippen LogP contribution in [0.25, 0.3) is 0 Å². The number of ether oxygens (including phenoxy) is 1. The number of hydrogen-bond donors (Lipinski definition) is 2. The summed E-state index contributed by atoms with van der Waals surface area (Å²) >= 11 is 0. The number of carbonyl (C=O) groups excluding carboxylic acids is 2. The van der Waals surface area contributed by atoms with Crippen LogP contribution in [0.15, 0.2) is 48.5 Å². The smallest absolute Gasteiger partial charge is 0.265 e. The molecule has 5 nitrogen and oxygen atoms in total. The van der Waals surface area contributed by atoms with Crippen LogP contribution in [0.5, 0.6) is 5.75 Å². The van der Waals surface area contributed by atoms with Gasteiger partial charge in [-0.2, -0.15) is 0 Å². The van der Waals surface area contributed by atoms with Crippen LogP contribution >= 0.6 is 0 Å². The predicted molar refractivity (Wildman–Crippen MR) is 98.7 cm³/mol. The summed E-state index contributed by atoms with van der Waals surface area (Å²) in [6.07, 6.45) is 0.320. The molecule has 0 saturated heterocycles. The van der Waals surface area contributed by atoms with Gasteiger partial charge < -0.3 is 15.4 Å². The minimum absolute atomic E-state index is 0.0469. The molecule has 0 heterocycles. The molecule has 25 heavy (non-hydrogen) atoms. The van der Waals surface area contributed by atoms with Crippen molar-refractivity contribution in [2.24, 2.45) is 0 Å². The van der Waals surface area contributed by atoms with E-state index in [-0.39, 0.29) is 11.8 Å². The molecule has 1 atom stereocenters. The fraction of sp³-hybridized carbons (Fsp3) is 0.300. The molecule has 0 aromatic heterocycles. The lowest BCUT2D eigenvalue weighted by Gasteiger charge is -2.17. The maximum atomic E-state index is 12.4. The van der Waals surface area contributed by atoms with Crippen molar-refractivity contribution in [3.8, 4) is 5.75 Å². The van der Waals surface area contributed by atoms with Crippen molar-refractivity contribution in [3.63, 3.8) is 0 Å². The van der Waals surface area contributed by atoms with E-state index in [2.05, 4.69) is 10.6 Å². The quantitative estimate of drug-likeness (QED) is 0.814. The Morgan fingerprint density at radius 1 is 1.12 bits per heavy atom. The fourth-order valence-corrected chi connectivity index (χ4v) is 2.38. The zero-order valence-corrected chi connectivity index (χ0v) is 14.8. The lowest BCUT2D eigenvalue weighted by atomic mass is 10.1. The van der Waals surface area contributed by atoms with Crippen molar-refractivity contribution in [2.75, 3.05) is 12.4 Å². The van der Waals surface area contributed by atoms with E-state index in [1.165, 1.54) is 0 Å². The number of anilines is 1. The fourth-order valence-electron chi connectivity index (χ4n) is 2.38. The summed E-state index contributed by atoms with van der Waals surface area (Å²) in [5.41, 5.74) is 2.65. The van der Waals surface area contributed by atoms with E-state index in [9.17, 15) is 9.59 Å². The van der Waals surface area contributed by atoms with Crippen molar-refractivity contribution in [1.29, 1.82) is 0 Å². The molecule has 0 fully saturated rings. The van der Waals surface area contributed by atoms with Gasteiger partial charge in [-0.3, -0.25) is 9.59 Å². The Kier molecular flexibility index (Phi) is 6.57. The maximum absolute atomic E-state index is 12.4. The number of carbonyl (C=O) groups is 2. The van der Waals surface area contributed by atoms with E-state index < -0.39 is 6.10 Å². The number of benzene rings is 2. The molecule has 0 bridgehead atoms. The first-order chi connectivity index (χ1) is 12.0. The minimum atomic E-state index is -0.563. The molecule has 2 aromatic rings. The van der Waals surface area contributed by atoms with E-state index in [0.29, 0.717) is 24.3 Å². The zero-order chi connectivity index (χ0) is 18.2. The second-order valence-corrected chi connectivity index (χ2v) is 5.87. The molecule has 0 radical (unpaired) electrons. The van der Waals surface area contributed by atoms with Crippen LogP contribution in [0.2, 0.25) is 0 Å². The Hall–Kier alpha value is -2.82. The average Bonchev–Trinajstić information content (AvgIpc) is 2.61. The van der Waals surface area contributed by atoms with Gasteiger partial charge >= 0.3 is 0 Å². The van der Waals surface area contributed by atoms with Crippen LogP contribution < -0.4 is 15.4 Å². The molecule has 0 aliphatic heterocycles. The Balaban J connectivity index is 1.98. The van der Waals surface area contributed by atoms with Gasteiger partial charge in [0, 0.05) is 12.7 Å². The summed E-state index contributed by atoms with van der Waals surface area (Å²) < 4.78 is 5.80. The van der Waals surface area contributed by atoms with Gasteiger partial charge in [0.15, 0.2) is 6.10 Å². The van der Waals surface area contributed by atoms with Gasteiger partial charge in [0.05, 0.1) is 6.42 Å². The average molecular weight is 340 g/mol. The SMILES string of the molecule is CCC(Oc1cccc(C)c1)C(=O)Nc1ccc(CC(=O)NC)cc1. The maximum Gasteiger partial charge on any atom is 0.265 e. The van der Waals surface area contributed by atoms with E-state index >= 15 is 0 Å². The minimum Gasteiger partial charge on any atom is -0.481 e. The highest BCUT2D eigenvalue weighted by molar-refractivity contribution is 5.94. The first-order valence-electron chi connectivity index (χ1n) is 8.35. The molecule has 0 spiro atoms. The molecule has 2 amide bonds. The number of likely N-dealkylation sites (N-methyl/N-ethyl adjacent to an activating group) is 1. The van der Waals surface area contributed by atoms with Crippen molar-refractivity contribution < 1.29 is 14.3 Å². The normalized spacial score (nSPS) is 11.5. The summed E-state index contributed by atoms with van der Waals surface area (Å²) in [6.45, 7) is 3.89. The number of rotatable bonds is 7. The Morgan fingerprint density at radius 2 is 1.84 bits per heavy atom. The van der Waals surface area contributed by atoms with Crippen molar-refractivity contribution in [1.82, 2.24) is 5.32 Å². The molecule has 2 aromatic carbocycles. The molecule has 5 heteroatoms. The lowest BCUT2D eigenvalue weighted by molar-refractivity contribution is -0.123. The van der Waals surface area contributed by atoms with Crippen LogP contribution in [-0.2, 0) is 16.0 Å². The molecule has 2 N–H and O–H groups in total. The van der Waals surface area contributed by atoms with Crippen molar-refractivity contribution >= 4 is 17.5 Å². The molecular weight excluding hydrogens is 316 g/mol. The Bertz CT molecular complexity index is 726. The second-order valence-electron chi connectivity index (χ2n) is 5.87. The summed E-state index contributed by atoms with van der Waals surface area (Å²) in [6, 6.07) is 14.9. The molecule has 1 unspecified atom stereocenters. The van der Waals surface area contributed by atoms with Crippen LogP contribution in [0.4, 0.5) is 5.69 Å². The van der Waals surface area contributed by atoms with E-state index in [4.69, 9.17) is 4.74 Å². The van der Waals surface area contributed by atoms with Crippen LogP contribution in [0.1, 0.15) is 24.5 Å². The van der Waals surface area contributed by atoms with Crippen molar-refractivity contribution in [3.05, 3.63) is 59.7 Å². The van der Waals surface area contributed by atoms with Gasteiger partial charge in [-0.15, -0.1) is 0 Å². The van der Waals surface area contributed by atoms with Crippen LogP contribution in [0, 0.1) is 6.92 Å². The third-order valence-corrected chi connectivity index (χ3v) is 3.80. The lowest BCUT2D eigenvalue weighted by Crippen LogP contribution is -2.32. The van der Waals surface area contributed by atoms with Gasteiger partial charge in [0.25, 0.3) is 5.91 Å². The third kappa shape index (κ3) is 5.64. The molecule has 2 rings (SSSR count). The monoisotopic (exact) mass is 340 g/mol. The second kappa shape index (κ2) is 8.87. The summed E-state index contributed by atoms with van der Waals surface area (Å²) in [4.78, 5) is 23.8. The van der Waals surface area contributed by atoms with Gasteiger partial charge in [0.2, 0.25) is 5.91 Å². The highest BCUT2D eigenvalue weighted by atomic mass is 16.5. The van der Waals surface area contributed by atoms with Gasteiger partial charge in [-0.25, -0.2) is 0 Å². The zero-order valence-electron chi connectivity index (χ0n) is 14.8. The standard InChI is InChI=1S/C20H24N2O3/c1-4-18(25-17-7-5-6-14(2)12-17)20(24)22-16-10-8-15(9-11-16)13-19(23)21-3/h5-12,18H,4,13H2,1-3H3,(H,21,23)(H,22,24). The van der Waals surface area contributed by atoms with E-state index in [1.54, 1.807) is 19.2 Å². The van der Waals surface area contributed by atoms with Gasteiger partial charge in [0.1, 0.15) is 5.75 Å². The van der Waals surface area contributed by atoms with Crippen molar-refractivity contribution in [2.45, 2.75) is 32.8 Å². The predicted octanol–water partition coefficient (Wildman–Crippen LogP) is 3.08. The molecule has 0 saturated carbocycles. The molecule has 0 aliphatic carbocycles. The molecule has 0 aliphatic rings. The molecular formula is C20H24N2O3. The van der Waals surface area contributed by atoms with Crippen LogP contribution in [-0.4, -0.2) is 25.0 Å². The Morgan fingerprint density at radius 3 is 2.44 bits per heavy atom. The first kappa shape index (κ1) is 18.5. The van der Waals surface area contributed by atoms with E-state index in [0.717, 1.165) is 11.1 Å². The number of nitrogens with one attached hydrogen (secondary N) is 2. The first-order valence-corrected chi connectivity index (χ1v) is 8.35. The van der Waals surface area contributed by atoms with Gasteiger partial charge in [-0.1, -0.05) is 31.2 Å². The highest BCUT2D eigenvalue weighted by Crippen LogP contribution is 2.17. The largest absolute Gasteiger partial charge is 0.481 e. The summed E-state index contributed by atoms with van der Waals surface area (Å²) in [5, 5.41) is 5.44. The number of hydrogen-bond acceptors (Lipinski definition) is 3. The number of amides is 2. The third-order valence-electron chi connectivity index (χ3n) is 3.80. The van der Waals surface area contributed by atoms with Gasteiger partial charge in [-0.05, 0) is 48.7 Å². The molecule has 132 valence electrons. The highest BCUT2D eigenvalue weighted by Gasteiger charge is 2.18. The number of aryl methyl sites for hydroxylation is 1. The van der Waals surface area contributed by atoms with Crippen LogP contribution in [0.3, 0.4) is 0 Å². The summed E-state index contributed by atoms with van der Waals surface area (Å²) in [7, 11) is 1.61. The van der Waals surface area contributed by atoms with E-state index in [1.807, 2.05) is 50.2 Å². The Labute approximate surface area is 148 Å². The summed E-state index contributed by atoms with van der Waals surface area (Å²) in [5.74, 6) is 0.445. The topological polar surface area (TPSA) is 67.4 Å².